The van der Waals surface area contributed by atoms with Gasteiger partial charge in [0.1, 0.15) is 4.90 Å². The average molecular weight is 302 g/mol. The van der Waals surface area contributed by atoms with E-state index in [-0.39, 0.29) is 17.6 Å². The van der Waals surface area contributed by atoms with E-state index in [1.165, 1.54) is 10.4 Å². The highest BCUT2D eigenvalue weighted by Gasteiger charge is 2.27. The standard InChI is InChI=1S/C13H22N2O4S/c1-3-15-9-13(7-11(15)10-16)20(17,18)14(2)8-12-5-4-6-19-12/h7,9,12,16H,3-6,8,10H2,1-2H3. The number of aryl methyl sites for hydroxylation is 1. The Kier molecular flexibility index (Phi) is 4.85. The Bertz CT molecular complexity index is 525. The number of aliphatic hydroxyl groups is 1. The smallest absolute Gasteiger partial charge is 0.244 e. The molecular weight excluding hydrogens is 280 g/mol. The maximum atomic E-state index is 12.5. The topological polar surface area (TPSA) is 71.8 Å². The summed E-state index contributed by atoms with van der Waals surface area (Å²) in [6, 6.07) is 1.53. The molecule has 20 heavy (non-hydrogen) atoms. The Balaban J connectivity index is 2.17. The summed E-state index contributed by atoms with van der Waals surface area (Å²) in [4.78, 5) is 0.226. The van der Waals surface area contributed by atoms with Crippen molar-refractivity contribution < 1.29 is 18.3 Å². The van der Waals surface area contributed by atoms with Crippen molar-refractivity contribution in [3.05, 3.63) is 18.0 Å². The molecule has 1 aliphatic heterocycles. The van der Waals surface area contributed by atoms with Crippen LogP contribution in [0.3, 0.4) is 0 Å². The molecule has 1 unspecified atom stereocenters. The quantitative estimate of drug-likeness (QED) is 0.844. The molecular formula is C13H22N2O4S. The number of aliphatic hydroxyl groups excluding tert-OH is 1. The van der Waals surface area contributed by atoms with E-state index in [1.54, 1.807) is 17.8 Å². The van der Waals surface area contributed by atoms with Crippen LogP contribution in [-0.4, -0.2) is 48.7 Å². The summed E-state index contributed by atoms with van der Waals surface area (Å²) in [6.07, 6.45) is 3.45. The minimum Gasteiger partial charge on any atom is -0.390 e. The second kappa shape index (κ2) is 6.26. The van der Waals surface area contributed by atoms with Gasteiger partial charge in [0.2, 0.25) is 10.0 Å². The first-order valence-corrected chi connectivity index (χ1v) is 8.31. The van der Waals surface area contributed by atoms with Crippen molar-refractivity contribution in [1.82, 2.24) is 8.87 Å². The van der Waals surface area contributed by atoms with E-state index in [0.29, 0.717) is 25.4 Å². The highest BCUT2D eigenvalue weighted by Crippen LogP contribution is 2.21. The lowest BCUT2D eigenvalue weighted by atomic mass is 10.2. The van der Waals surface area contributed by atoms with Crippen LogP contribution in [0.15, 0.2) is 17.2 Å². The number of sulfonamides is 1. The van der Waals surface area contributed by atoms with E-state index in [9.17, 15) is 13.5 Å². The van der Waals surface area contributed by atoms with Gasteiger partial charge in [0, 0.05) is 38.6 Å². The Morgan fingerprint density at radius 2 is 2.30 bits per heavy atom. The molecule has 114 valence electrons. The molecule has 1 fully saturated rings. The van der Waals surface area contributed by atoms with Gasteiger partial charge >= 0.3 is 0 Å². The van der Waals surface area contributed by atoms with Crippen LogP contribution in [0.2, 0.25) is 0 Å². The molecule has 6 nitrogen and oxygen atoms in total. The monoisotopic (exact) mass is 302 g/mol. The van der Waals surface area contributed by atoms with Crippen LogP contribution < -0.4 is 0 Å². The fraction of sp³-hybridized carbons (Fsp3) is 0.692. The first kappa shape index (κ1) is 15.5. The van der Waals surface area contributed by atoms with E-state index in [4.69, 9.17) is 4.74 Å². The lowest BCUT2D eigenvalue weighted by molar-refractivity contribution is 0.0979. The minimum atomic E-state index is -3.53. The normalized spacial score (nSPS) is 19.9. The van der Waals surface area contributed by atoms with Crippen molar-refractivity contribution in [3.8, 4) is 0 Å². The lowest BCUT2D eigenvalue weighted by Gasteiger charge is -2.19. The summed E-state index contributed by atoms with van der Waals surface area (Å²) in [5.74, 6) is 0. The van der Waals surface area contributed by atoms with Gasteiger partial charge < -0.3 is 14.4 Å². The van der Waals surface area contributed by atoms with E-state index < -0.39 is 10.0 Å². The summed E-state index contributed by atoms with van der Waals surface area (Å²) < 4.78 is 33.5. The fourth-order valence-electron chi connectivity index (χ4n) is 2.45. The van der Waals surface area contributed by atoms with Gasteiger partial charge in [-0.2, -0.15) is 4.31 Å². The predicted molar refractivity (Wildman–Crippen MR) is 74.8 cm³/mol. The molecule has 1 aromatic heterocycles. The lowest BCUT2D eigenvalue weighted by Crippen LogP contribution is -2.33. The number of hydrogen-bond donors (Lipinski definition) is 1. The van der Waals surface area contributed by atoms with Crippen LogP contribution >= 0.6 is 0 Å². The van der Waals surface area contributed by atoms with Crippen LogP contribution in [0, 0.1) is 0 Å². The Hall–Kier alpha value is -0.890. The molecule has 0 amide bonds. The van der Waals surface area contributed by atoms with E-state index >= 15 is 0 Å². The first-order chi connectivity index (χ1) is 9.48. The van der Waals surface area contributed by atoms with E-state index in [2.05, 4.69) is 0 Å². The molecule has 1 atom stereocenters. The van der Waals surface area contributed by atoms with Gasteiger partial charge in [-0.15, -0.1) is 0 Å². The number of rotatable bonds is 6. The molecule has 1 aromatic rings. The molecule has 1 saturated heterocycles. The second-order valence-corrected chi connectivity index (χ2v) is 7.08. The predicted octanol–water partition coefficient (Wildman–Crippen LogP) is 0.800. The molecule has 2 heterocycles. The molecule has 0 aromatic carbocycles. The van der Waals surface area contributed by atoms with Gasteiger partial charge in [-0.25, -0.2) is 8.42 Å². The molecule has 7 heteroatoms. The highest BCUT2D eigenvalue weighted by molar-refractivity contribution is 7.89. The summed E-state index contributed by atoms with van der Waals surface area (Å²) in [5.41, 5.74) is 0.608. The zero-order chi connectivity index (χ0) is 14.8. The van der Waals surface area contributed by atoms with Gasteiger partial charge in [0.05, 0.1) is 12.7 Å². The van der Waals surface area contributed by atoms with Crippen LogP contribution in [0.25, 0.3) is 0 Å². The van der Waals surface area contributed by atoms with Gasteiger partial charge in [-0.05, 0) is 25.8 Å². The SMILES string of the molecule is CCn1cc(S(=O)(=O)N(C)CC2CCCO2)cc1CO. The number of aromatic nitrogens is 1. The van der Waals surface area contributed by atoms with Crippen molar-refractivity contribution >= 4 is 10.0 Å². The number of hydrogen-bond acceptors (Lipinski definition) is 4. The van der Waals surface area contributed by atoms with Crippen LogP contribution in [0.4, 0.5) is 0 Å². The van der Waals surface area contributed by atoms with Crippen molar-refractivity contribution in [2.75, 3.05) is 20.2 Å². The third-order valence-corrected chi connectivity index (χ3v) is 5.45. The van der Waals surface area contributed by atoms with Crippen molar-refractivity contribution in [3.63, 3.8) is 0 Å². The average Bonchev–Trinajstić information content (AvgIpc) is 3.06. The van der Waals surface area contributed by atoms with Crippen LogP contribution in [0.1, 0.15) is 25.5 Å². The molecule has 0 saturated carbocycles. The molecule has 0 bridgehead atoms. The fourth-order valence-corrected chi connectivity index (χ4v) is 3.71. The summed E-state index contributed by atoms with van der Waals surface area (Å²) in [6.45, 7) is 3.44. The zero-order valence-corrected chi connectivity index (χ0v) is 12.8. The molecule has 1 aliphatic rings. The van der Waals surface area contributed by atoms with Gasteiger partial charge in [0.15, 0.2) is 0 Å². The summed E-state index contributed by atoms with van der Waals surface area (Å²) in [7, 11) is -1.96. The third kappa shape index (κ3) is 3.06. The van der Waals surface area contributed by atoms with Crippen LogP contribution in [0.5, 0.6) is 0 Å². The second-order valence-electron chi connectivity index (χ2n) is 5.03. The van der Waals surface area contributed by atoms with Crippen molar-refractivity contribution in [2.45, 2.75) is 43.9 Å². The molecule has 0 spiro atoms. The molecule has 0 aliphatic carbocycles. The van der Waals surface area contributed by atoms with E-state index in [1.807, 2.05) is 6.92 Å². The number of ether oxygens (including phenoxy) is 1. The molecule has 0 radical (unpaired) electrons. The third-order valence-electron chi connectivity index (χ3n) is 3.66. The number of likely N-dealkylation sites (N-methyl/N-ethyl adjacent to an activating group) is 1. The van der Waals surface area contributed by atoms with Gasteiger partial charge in [-0.1, -0.05) is 0 Å². The first-order valence-electron chi connectivity index (χ1n) is 6.87. The zero-order valence-electron chi connectivity index (χ0n) is 11.9. The minimum absolute atomic E-state index is 0.0136. The Labute approximate surface area is 120 Å². The van der Waals surface area contributed by atoms with Gasteiger partial charge in [0.25, 0.3) is 0 Å². The maximum Gasteiger partial charge on any atom is 0.244 e. The summed E-state index contributed by atoms with van der Waals surface area (Å²) >= 11 is 0. The number of nitrogens with zero attached hydrogens (tertiary/aromatic N) is 2. The molecule has 1 N–H and O–H groups in total. The molecule has 2 rings (SSSR count). The van der Waals surface area contributed by atoms with Crippen LogP contribution in [-0.2, 0) is 27.9 Å². The van der Waals surface area contributed by atoms with E-state index in [0.717, 1.165) is 12.8 Å². The van der Waals surface area contributed by atoms with Gasteiger partial charge in [-0.3, -0.25) is 0 Å². The summed E-state index contributed by atoms with van der Waals surface area (Å²) in [5, 5.41) is 9.25. The van der Waals surface area contributed by atoms with Crippen molar-refractivity contribution in [1.29, 1.82) is 0 Å². The van der Waals surface area contributed by atoms with Crippen molar-refractivity contribution in [2.24, 2.45) is 0 Å². The highest BCUT2D eigenvalue weighted by atomic mass is 32.2. The Morgan fingerprint density at radius 1 is 1.55 bits per heavy atom. The maximum absolute atomic E-state index is 12.5. The largest absolute Gasteiger partial charge is 0.390 e. The Morgan fingerprint density at radius 3 is 2.80 bits per heavy atom.